The Morgan fingerprint density at radius 2 is 2.09 bits per heavy atom. The van der Waals surface area contributed by atoms with E-state index in [1.165, 1.54) is 5.57 Å². The molecular formula is C11H16. The van der Waals surface area contributed by atoms with E-state index < -0.39 is 0 Å². The highest BCUT2D eigenvalue weighted by molar-refractivity contribution is 5.37. The lowest BCUT2D eigenvalue weighted by Crippen LogP contribution is -2.31. The fourth-order valence-corrected chi connectivity index (χ4v) is 2.90. The highest BCUT2D eigenvalue weighted by Crippen LogP contribution is 2.69. The predicted octanol–water partition coefficient (Wildman–Crippen LogP) is 2.88. The summed E-state index contributed by atoms with van der Waals surface area (Å²) in [6.07, 6.45) is 2.09. The van der Waals surface area contributed by atoms with Crippen molar-refractivity contribution in [2.75, 3.05) is 0 Å². The molecule has 0 bridgehead atoms. The van der Waals surface area contributed by atoms with Gasteiger partial charge in [-0.15, -0.1) is 6.58 Å². The summed E-state index contributed by atoms with van der Waals surface area (Å²) in [5.74, 6) is 4.19. The highest BCUT2D eigenvalue weighted by Gasteiger charge is 2.63. The van der Waals surface area contributed by atoms with Gasteiger partial charge in [-0.25, -0.2) is 0 Å². The lowest BCUT2D eigenvalue weighted by Gasteiger charge is -2.35. The lowest BCUT2D eigenvalue weighted by atomic mass is 9.69. The topological polar surface area (TPSA) is 0 Å². The summed E-state index contributed by atoms with van der Waals surface area (Å²) in [5, 5.41) is 0. The van der Waals surface area contributed by atoms with E-state index in [2.05, 4.69) is 33.1 Å². The van der Waals surface area contributed by atoms with Crippen molar-refractivity contribution in [2.45, 2.75) is 13.8 Å². The number of hydrogen-bond donors (Lipinski definition) is 0. The summed E-state index contributed by atoms with van der Waals surface area (Å²) in [7, 11) is 0. The highest BCUT2D eigenvalue weighted by atomic mass is 14.7. The summed E-state index contributed by atoms with van der Waals surface area (Å²) < 4.78 is 0. The van der Waals surface area contributed by atoms with Crippen LogP contribution in [0.2, 0.25) is 0 Å². The zero-order valence-electron chi connectivity index (χ0n) is 7.38. The van der Waals surface area contributed by atoms with Gasteiger partial charge in [0.15, 0.2) is 0 Å². The molecule has 2 aliphatic carbocycles. The Hall–Kier alpha value is -0.520. The first-order valence-corrected chi connectivity index (χ1v) is 4.49. The molecular weight excluding hydrogens is 132 g/mol. The van der Waals surface area contributed by atoms with E-state index in [1.54, 1.807) is 0 Å². The Balaban J connectivity index is 2.08. The van der Waals surface area contributed by atoms with Crippen molar-refractivity contribution in [3.05, 3.63) is 24.8 Å². The van der Waals surface area contributed by atoms with E-state index in [0.717, 1.165) is 23.7 Å². The van der Waals surface area contributed by atoms with Gasteiger partial charge in [0.25, 0.3) is 0 Å². The molecule has 5 unspecified atom stereocenters. The van der Waals surface area contributed by atoms with Crippen LogP contribution < -0.4 is 0 Å². The number of fused-ring (bicyclic) bond motifs is 1. The largest absolute Gasteiger partial charge is 0.103 e. The smallest absolute Gasteiger partial charge is 0.00979 e. The van der Waals surface area contributed by atoms with Crippen LogP contribution in [0.25, 0.3) is 0 Å². The van der Waals surface area contributed by atoms with Crippen molar-refractivity contribution in [1.82, 2.24) is 0 Å². The molecule has 2 aliphatic rings. The maximum atomic E-state index is 4.07. The van der Waals surface area contributed by atoms with Gasteiger partial charge < -0.3 is 0 Å². The van der Waals surface area contributed by atoms with Gasteiger partial charge in [0.1, 0.15) is 0 Å². The van der Waals surface area contributed by atoms with Gasteiger partial charge in [-0.1, -0.05) is 32.1 Å². The third-order valence-corrected chi connectivity index (χ3v) is 3.70. The molecule has 60 valence electrons. The van der Waals surface area contributed by atoms with Gasteiger partial charge in [0.05, 0.1) is 0 Å². The molecule has 0 heteroatoms. The summed E-state index contributed by atoms with van der Waals surface area (Å²) in [6.45, 7) is 12.5. The Bertz CT molecular complexity index is 212. The zero-order valence-corrected chi connectivity index (χ0v) is 7.38. The second-order valence-electron chi connectivity index (χ2n) is 4.16. The minimum Gasteiger partial charge on any atom is -0.103 e. The molecule has 0 aliphatic heterocycles. The molecule has 2 fully saturated rings. The summed E-state index contributed by atoms with van der Waals surface area (Å²) in [4.78, 5) is 0. The van der Waals surface area contributed by atoms with Crippen molar-refractivity contribution in [3.63, 3.8) is 0 Å². The van der Waals surface area contributed by atoms with Crippen LogP contribution in [-0.2, 0) is 0 Å². The van der Waals surface area contributed by atoms with Crippen LogP contribution in [0.1, 0.15) is 13.8 Å². The van der Waals surface area contributed by atoms with Crippen molar-refractivity contribution < 1.29 is 0 Å². The van der Waals surface area contributed by atoms with Gasteiger partial charge in [-0.05, 0) is 29.6 Å². The third-order valence-electron chi connectivity index (χ3n) is 3.70. The van der Waals surface area contributed by atoms with Crippen molar-refractivity contribution in [2.24, 2.45) is 29.6 Å². The molecule has 5 atom stereocenters. The Labute approximate surface area is 69.0 Å². The molecule has 0 aromatic heterocycles. The van der Waals surface area contributed by atoms with E-state index in [0.29, 0.717) is 5.92 Å². The van der Waals surface area contributed by atoms with Gasteiger partial charge >= 0.3 is 0 Å². The molecule has 0 N–H and O–H groups in total. The quantitative estimate of drug-likeness (QED) is 0.528. The van der Waals surface area contributed by atoms with Crippen molar-refractivity contribution in [3.8, 4) is 0 Å². The summed E-state index contributed by atoms with van der Waals surface area (Å²) in [6, 6.07) is 0. The molecule has 0 aromatic carbocycles. The van der Waals surface area contributed by atoms with E-state index in [9.17, 15) is 0 Å². The predicted molar refractivity (Wildman–Crippen MR) is 48.1 cm³/mol. The first-order chi connectivity index (χ1) is 5.18. The Morgan fingerprint density at radius 1 is 1.45 bits per heavy atom. The Morgan fingerprint density at radius 3 is 2.45 bits per heavy atom. The zero-order chi connectivity index (χ0) is 8.17. The van der Waals surface area contributed by atoms with Gasteiger partial charge in [0, 0.05) is 0 Å². The lowest BCUT2D eigenvalue weighted by molar-refractivity contribution is 0.132. The van der Waals surface area contributed by atoms with E-state index >= 15 is 0 Å². The van der Waals surface area contributed by atoms with E-state index in [4.69, 9.17) is 0 Å². The van der Waals surface area contributed by atoms with Crippen LogP contribution >= 0.6 is 0 Å². The fraction of sp³-hybridized carbons (Fsp3) is 0.636. The fourth-order valence-electron chi connectivity index (χ4n) is 2.90. The number of allylic oxidation sites excluding steroid dienone is 2. The molecule has 2 saturated carbocycles. The molecule has 0 heterocycles. The second-order valence-corrected chi connectivity index (χ2v) is 4.16. The first-order valence-electron chi connectivity index (χ1n) is 4.49. The third kappa shape index (κ3) is 0.702. The van der Waals surface area contributed by atoms with Crippen LogP contribution in [0.15, 0.2) is 24.8 Å². The van der Waals surface area contributed by atoms with Gasteiger partial charge in [-0.2, -0.15) is 0 Å². The molecule has 0 spiro atoms. The average Bonchev–Trinajstić information content (AvgIpc) is 2.55. The minimum atomic E-state index is 0.686. The molecule has 11 heavy (non-hydrogen) atoms. The maximum Gasteiger partial charge on any atom is -0.00979 e. The number of hydrogen-bond acceptors (Lipinski definition) is 0. The number of rotatable bonds is 2. The molecule has 2 rings (SSSR count). The molecule has 0 saturated heterocycles. The molecule has 0 aromatic rings. The second kappa shape index (κ2) is 2.00. The van der Waals surface area contributed by atoms with Crippen LogP contribution in [0.3, 0.4) is 0 Å². The standard InChI is InChI=1S/C11H16/c1-5-6(2)9-7(3)10-8(4)11(9)10/h5-7,9-11H,1,4H2,2-3H3. The van der Waals surface area contributed by atoms with Crippen LogP contribution in [0.5, 0.6) is 0 Å². The average molecular weight is 148 g/mol. The normalized spacial score (nSPS) is 49.1. The monoisotopic (exact) mass is 148 g/mol. The van der Waals surface area contributed by atoms with Crippen LogP contribution in [0, 0.1) is 29.6 Å². The van der Waals surface area contributed by atoms with Crippen LogP contribution in [-0.4, -0.2) is 0 Å². The maximum absolute atomic E-state index is 4.07. The SMILES string of the molecule is C=CC(C)C1C(C)C2C(=C)C21. The molecule has 0 nitrogen and oxygen atoms in total. The van der Waals surface area contributed by atoms with Crippen molar-refractivity contribution in [1.29, 1.82) is 0 Å². The van der Waals surface area contributed by atoms with Gasteiger partial charge in [0.2, 0.25) is 0 Å². The first kappa shape index (κ1) is 7.15. The summed E-state index contributed by atoms with van der Waals surface area (Å²) in [5.41, 5.74) is 1.51. The van der Waals surface area contributed by atoms with E-state index in [-0.39, 0.29) is 0 Å². The summed E-state index contributed by atoms with van der Waals surface area (Å²) >= 11 is 0. The minimum absolute atomic E-state index is 0.686. The Kier molecular flexibility index (Phi) is 1.30. The van der Waals surface area contributed by atoms with E-state index in [1.807, 2.05) is 0 Å². The van der Waals surface area contributed by atoms with Crippen molar-refractivity contribution >= 4 is 0 Å². The molecule has 0 amide bonds. The molecule has 0 radical (unpaired) electrons. The van der Waals surface area contributed by atoms with Crippen LogP contribution in [0.4, 0.5) is 0 Å². The van der Waals surface area contributed by atoms with Gasteiger partial charge in [-0.3, -0.25) is 0 Å².